The van der Waals surface area contributed by atoms with Crippen molar-refractivity contribution in [3.8, 4) is 0 Å². The van der Waals surface area contributed by atoms with Gasteiger partial charge in [-0.05, 0) is 28.9 Å². The van der Waals surface area contributed by atoms with Crippen molar-refractivity contribution in [3.05, 3.63) is 16.9 Å². The van der Waals surface area contributed by atoms with Crippen LogP contribution < -0.4 is 5.73 Å². The Morgan fingerprint density at radius 1 is 1.62 bits per heavy atom. The lowest BCUT2D eigenvalue weighted by atomic mass is 10.3. The molecule has 0 radical (unpaired) electrons. The lowest BCUT2D eigenvalue weighted by Gasteiger charge is -1.96. The van der Waals surface area contributed by atoms with Gasteiger partial charge in [0.15, 0.2) is 0 Å². The van der Waals surface area contributed by atoms with Gasteiger partial charge in [0.2, 0.25) is 0 Å². The third-order valence-electron chi connectivity index (χ3n) is 1.93. The molecule has 0 aliphatic carbocycles. The molecule has 0 amide bonds. The van der Waals surface area contributed by atoms with Gasteiger partial charge in [-0.3, -0.25) is 0 Å². The van der Waals surface area contributed by atoms with Gasteiger partial charge in [-0.2, -0.15) is 5.10 Å². The Kier molecular flexibility index (Phi) is 1.95. The Morgan fingerprint density at radius 3 is 3.08 bits per heavy atom. The molecule has 2 N–H and O–H groups in total. The molecule has 0 saturated carbocycles. The van der Waals surface area contributed by atoms with E-state index in [1.807, 2.05) is 13.0 Å². The molecule has 0 fully saturated rings. The van der Waals surface area contributed by atoms with Crippen molar-refractivity contribution in [2.45, 2.75) is 13.5 Å². The van der Waals surface area contributed by atoms with Gasteiger partial charge in [0.1, 0.15) is 15.9 Å². The number of aryl methyl sites for hydroxylation is 1. The number of nitrogens with two attached hydrogens (primary N) is 1. The van der Waals surface area contributed by atoms with E-state index in [0.29, 0.717) is 5.82 Å². The molecule has 4 nitrogen and oxygen atoms in total. The number of hydrogen-bond donors (Lipinski definition) is 1. The fraction of sp³-hybridized carbons (Fsp3) is 0.250. The Hall–Kier alpha value is -1.10. The van der Waals surface area contributed by atoms with Crippen molar-refractivity contribution < 1.29 is 0 Å². The van der Waals surface area contributed by atoms with Crippen LogP contribution in [0.25, 0.3) is 10.9 Å². The summed E-state index contributed by atoms with van der Waals surface area (Å²) in [4.78, 5) is 4.08. The maximum absolute atomic E-state index is 5.87. The highest BCUT2D eigenvalue weighted by atomic mass is 79.9. The number of rotatable bonds is 1. The van der Waals surface area contributed by atoms with E-state index in [0.717, 1.165) is 22.1 Å². The van der Waals surface area contributed by atoms with Crippen LogP contribution in [0.5, 0.6) is 0 Å². The Bertz CT molecular complexity index is 449. The lowest BCUT2D eigenvalue weighted by molar-refractivity contribution is 0.678. The van der Waals surface area contributed by atoms with Crippen molar-refractivity contribution in [3.63, 3.8) is 0 Å². The fourth-order valence-corrected chi connectivity index (χ4v) is 1.60. The standard InChI is InChI=1S/C8H9BrN4/c1-2-13-8(10)5-3-7(9)11-4-6(5)12-13/h3-4H,2,10H2,1H3. The first-order valence-electron chi connectivity index (χ1n) is 4.00. The van der Waals surface area contributed by atoms with Crippen molar-refractivity contribution >= 4 is 32.7 Å². The van der Waals surface area contributed by atoms with Crippen LogP contribution in [0.3, 0.4) is 0 Å². The monoisotopic (exact) mass is 240 g/mol. The summed E-state index contributed by atoms with van der Waals surface area (Å²) < 4.78 is 2.54. The molecule has 2 heterocycles. The maximum atomic E-state index is 5.87. The summed E-state index contributed by atoms with van der Waals surface area (Å²) >= 11 is 3.29. The van der Waals surface area contributed by atoms with Gasteiger partial charge in [-0.25, -0.2) is 9.67 Å². The van der Waals surface area contributed by atoms with E-state index in [1.54, 1.807) is 10.9 Å². The molecule has 0 aliphatic heterocycles. The smallest absolute Gasteiger partial charge is 0.129 e. The zero-order chi connectivity index (χ0) is 9.42. The van der Waals surface area contributed by atoms with Crippen LogP contribution in [0, 0.1) is 0 Å². The van der Waals surface area contributed by atoms with Gasteiger partial charge in [0.25, 0.3) is 0 Å². The van der Waals surface area contributed by atoms with Gasteiger partial charge in [0.05, 0.1) is 6.20 Å². The second-order valence-electron chi connectivity index (χ2n) is 2.73. The van der Waals surface area contributed by atoms with Gasteiger partial charge >= 0.3 is 0 Å². The van der Waals surface area contributed by atoms with Crippen LogP contribution in [-0.4, -0.2) is 14.8 Å². The fourth-order valence-electron chi connectivity index (χ4n) is 1.27. The minimum absolute atomic E-state index is 0.695. The lowest BCUT2D eigenvalue weighted by Crippen LogP contribution is -2.01. The predicted molar refractivity (Wildman–Crippen MR) is 55.3 cm³/mol. The zero-order valence-electron chi connectivity index (χ0n) is 7.16. The molecule has 2 rings (SSSR count). The van der Waals surface area contributed by atoms with Crippen LogP contribution in [0.4, 0.5) is 5.82 Å². The molecule has 2 aromatic heterocycles. The summed E-state index contributed by atoms with van der Waals surface area (Å²) in [5.41, 5.74) is 6.71. The molecule has 0 bridgehead atoms. The van der Waals surface area contributed by atoms with Gasteiger partial charge in [-0.1, -0.05) is 0 Å². The molecule has 0 aromatic carbocycles. The summed E-state index contributed by atoms with van der Waals surface area (Å²) in [5.74, 6) is 0.695. The van der Waals surface area contributed by atoms with E-state index in [-0.39, 0.29) is 0 Å². The average Bonchev–Trinajstić information content (AvgIpc) is 2.44. The summed E-state index contributed by atoms with van der Waals surface area (Å²) in [7, 11) is 0. The molecule has 5 heteroatoms. The minimum Gasteiger partial charge on any atom is -0.383 e. The van der Waals surface area contributed by atoms with Gasteiger partial charge < -0.3 is 5.73 Å². The molecule has 68 valence electrons. The first kappa shape index (κ1) is 8.50. The topological polar surface area (TPSA) is 56.7 Å². The number of halogens is 1. The van der Waals surface area contributed by atoms with Gasteiger partial charge in [0, 0.05) is 11.9 Å². The van der Waals surface area contributed by atoms with E-state index in [9.17, 15) is 0 Å². The summed E-state index contributed by atoms with van der Waals surface area (Å²) in [6.45, 7) is 2.78. The zero-order valence-corrected chi connectivity index (χ0v) is 8.74. The Labute approximate surface area is 83.9 Å². The summed E-state index contributed by atoms with van der Waals surface area (Å²) in [6, 6.07) is 1.88. The average molecular weight is 241 g/mol. The van der Waals surface area contributed by atoms with Crippen molar-refractivity contribution in [2.75, 3.05) is 5.73 Å². The molecule has 13 heavy (non-hydrogen) atoms. The largest absolute Gasteiger partial charge is 0.383 e. The second kappa shape index (κ2) is 2.99. The number of nitrogens with zero attached hydrogens (tertiary/aromatic N) is 3. The van der Waals surface area contributed by atoms with Crippen molar-refractivity contribution in [2.24, 2.45) is 0 Å². The van der Waals surface area contributed by atoms with Crippen LogP contribution in [0.1, 0.15) is 6.92 Å². The quantitative estimate of drug-likeness (QED) is 0.774. The molecule has 2 aromatic rings. The van der Waals surface area contributed by atoms with E-state index in [1.165, 1.54) is 0 Å². The van der Waals surface area contributed by atoms with E-state index < -0.39 is 0 Å². The summed E-state index contributed by atoms with van der Waals surface area (Å²) in [5, 5.41) is 5.23. The number of aromatic nitrogens is 3. The number of pyridine rings is 1. The third-order valence-corrected chi connectivity index (χ3v) is 2.37. The van der Waals surface area contributed by atoms with Crippen LogP contribution in [0.15, 0.2) is 16.9 Å². The van der Waals surface area contributed by atoms with Crippen LogP contribution >= 0.6 is 15.9 Å². The first-order valence-corrected chi connectivity index (χ1v) is 4.79. The molecule has 0 saturated heterocycles. The Balaban J connectivity index is 2.77. The normalized spacial score (nSPS) is 10.9. The van der Waals surface area contributed by atoms with Crippen molar-refractivity contribution in [1.82, 2.24) is 14.8 Å². The third kappa shape index (κ3) is 1.29. The highest BCUT2D eigenvalue weighted by Gasteiger charge is 2.06. The molecule has 0 unspecified atom stereocenters. The predicted octanol–water partition coefficient (Wildman–Crippen LogP) is 1.80. The van der Waals surface area contributed by atoms with E-state index in [2.05, 4.69) is 26.0 Å². The minimum atomic E-state index is 0.695. The second-order valence-corrected chi connectivity index (χ2v) is 3.54. The van der Waals surface area contributed by atoms with Crippen LogP contribution in [0.2, 0.25) is 0 Å². The number of fused-ring (bicyclic) bond motifs is 1. The SMILES string of the molecule is CCn1nc2cnc(Br)cc2c1N. The van der Waals surface area contributed by atoms with Crippen molar-refractivity contribution in [1.29, 1.82) is 0 Å². The molecule has 0 aliphatic rings. The highest BCUT2D eigenvalue weighted by Crippen LogP contribution is 2.22. The van der Waals surface area contributed by atoms with Crippen LogP contribution in [-0.2, 0) is 6.54 Å². The number of anilines is 1. The number of hydrogen-bond acceptors (Lipinski definition) is 3. The Morgan fingerprint density at radius 2 is 2.38 bits per heavy atom. The van der Waals surface area contributed by atoms with Gasteiger partial charge in [-0.15, -0.1) is 0 Å². The number of nitrogen functional groups attached to an aromatic ring is 1. The van der Waals surface area contributed by atoms with E-state index in [4.69, 9.17) is 5.73 Å². The van der Waals surface area contributed by atoms with E-state index >= 15 is 0 Å². The molecule has 0 spiro atoms. The molecular weight excluding hydrogens is 232 g/mol. The molecule has 0 atom stereocenters. The molecular formula is C8H9BrN4. The summed E-state index contributed by atoms with van der Waals surface area (Å²) in [6.07, 6.45) is 1.71. The first-order chi connectivity index (χ1) is 6.22. The maximum Gasteiger partial charge on any atom is 0.129 e. The highest BCUT2D eigenvalue weighted by molar-refractivity contribution is 9.10.